The number of imide groups is 1. The molecule has 1 heterocycles. The van der Waals surface area contributed by atoms with E-state index in [1.165, 1.54) is 4.90 Å². The van der Waals surface area contributed by atoms with Crippen LogP contribution in [0.15, 0.2) is 66.7 Å². The lowest BCUT2D eigenvalue weighted by atomic mass is 9.55. The third-order valence-corrected chi connectivity index (χ3v) is 8.57. The molecular formula is C24H14BrCl2NO2. The number of benzene rings is 3. The number of nitrogens with zero attached hydrogens (tertiary/aromatic N) is 1. The second kappa shape index (κ2) is 6.19. The second-order valence-corrected chi connectivity index (χ2v) is 10.1. The number of alkyl halides is 1. The molecule has 2 unspecified atom stereocenters. The molecule has 0 saturated carbocycles. The average Bonchev–Trinajstić information content (AvgIpc) is 3.02. The van der Waals surface area contributed by atoms with E-state index >= 15 is 0 Å². The first kappa shape index (κ1) is 18.6. The van der Waals surface area contributed by atoms with Gasteiger partial charge in [0.05, 0.1) is 26.9 Å². The van der Waals surface area contributed by atoms with Crippen LogP contribution in [0, 0.1) is 11.8 Å². The molecule has 6 heteroatoms. The summed E-state index contributed by atoms with van der Waals surface area (Å²) in [6, 6.07) is 21.0. The fourth-order valence-corrected chi connectivity index (χ4v) is 7.14. The summed E-state index contributed by atoms with van der Waals surface area (Å²) in [5.41, 5.74) is 4.63. The summed E-state index contributed by atoms with van der Waals surface area (Å²) in [4.78, 5) is 28.8. The monoisotopic (exact) mass is 497 g/mol. The Kier molecular flexibility index (Phi) is 3.84. The highest BCUT2D eigenvalue weighted by molar-refractivity contribution is 9.09. The summed E-state index contributed by atoms with van der Waals surface area (Å²) in [7, 11) is 0. The van der Waals surface area contributed by atoms with Crippen molar-refractivity contribution in [3.05, 3.63) is 99.0 Å². The molecule has 30 heavy (non-hydrogen) atoms. The summed E-state index contributed by atoms with van der Waals surface area (Å²) >= 11 is 16.5. The molecular weight excluding hydrogens is 485 g/mol. The number of amides is 2. The molecule has 0 N–H and O–H groups in total. The fourth-order valence-electron chi connectivity index (χ4n) is 5.57. The molecule has 148 valence electrons. The molecule has 1 saturated heterocycles. The fraction of sp³-hybridized carbons (Fsp3) is 0.167. The first-order valence-corrected chi connectivity index (χ1v) is 11.2. The van der Waals surface area contributed by atoms with Crippen molar-refractivity contribution in [1.29, 1.82) is 0 Å². The van der Waals surface area contributed by atoms with Gasteiger partial charge in [-0.15, -0.1) is 0 Å². The number of hydrogen-bond donors (Lipinski definition) is 0. The topological polar surface area (TPSA) is 37.4 Å². The Labute approximate surface area is 191 Å². The highest BCUT2D eigenvalue weighted by atomic mass is 79.9. The number of carbonyl (C=O) groups excluding carboxylic acids is 2. The molecule has 4 aliphatic rings. The van der Waals surface area contributed by atoms with Gasteiger partial charge in [-0.2, -0.15) is 0 Å². The van der Waals surface area contributed by atoms with E-state index in [1.807, 2.05) is 24.3 Å². The standard InChI is InChI=1S/C24H14BrCl2NO2/c25-24-15-7-3-1-5-13(15)19(14-6-2-4-8-16(14)24)20-21(24)23(30)28(22(20)29)18-11-12(26)9-10-17(18)27/h1-11,19-21H. The van der Waals surface area contributed by atoms with Crippen LogP contribution in [0.4, 0.5) is 5.69 Å². The quantitative estimate of drug-likeness (QED) is 0.309. The Balaban J connectivity index is 1.63. The van der Waals surface area contributed by atoms with E-state index < -0.39 is 16.2 Å². The van der Waals surface area contributed by atoms with Gasteiger partial charge in [0.1, 0.15) is 0 Å². The van der Waals surface area contributed by atoms with Gasteiger partial charge in [-0.3, -0.25) is 9.59 Å². The Morgan fingerprint density at radius 1 is 0.833 bits per heavy atom. The van der Waals surface area contributed by atoms with Gasteiger partial charge in [-0.05, 0) is 40.5 Å². The first-order chi connectivity index (χ1) is 14.4. The molecule has 2 amide bonds. The maximum absolute atomic E-state index is 13.8. The van der Waals surface area contributed by atoms with Gasteiger partial charge in [0.15, 0.2) is 0 Å². The van der Waals surface area contributed by atoms with E-state index in [4.69, 9.17) is 23.2 Å². The molecule has 2 atom stereocenters. The zero-order chi connectivity index (χ0) is 20.8. The van der Waals surface area contributed by atoms with Crippen LogP contribution in [0.5, 0.6) is 0 Å². The molecule has 3 nitrogen and oxygen atoms in total. The summed E-state index contributed by atoms with van der Waals surface area (Å²) in [6.45, 7) is 0. The van der Waals surface area contributed by atoms with Crippen molar-refractivity contribution in [3.8, 4) is 0 Å². The van der Waals surface area contributed by atoms with Gasteiger partial charge in [-0.1, -0.05) is 87.7 Å². The van der Waals surface area contributed by atoms with Crippen LogP contribution in [-0.2, 0) is 13.9 Å². The molecule has 7 rings (SSSR count). The molecule has 0 aromatic heterocycles. The molecule has 3 aromatic rings. The summed E-state index contributed by atoms with van der Waals surface area (Å²) in [5.74, 6) is -1.72. The van der Waals surface area contributed by atoms with E-state index in [0.29, 0.717) is 15.7 Å². The number of anilines is 1. The summed E-state index contributed by atoms with van der Waals surface area (Å²) in [6.07, 6.45) is 0. The van der Waals surface area contributed by atoms with Crippen molar-refractivity contribution in [1.82, 2.24) is 0 Å². The summed E-state index contributed by atoms with van der Waals surface area (Å²) < 4.78 is -0.772. The number of hydrogen-bond acceptors (Lipinski definition) is 2. The van der Waals surface area contributed by atoms with E-state index in [2.05, 4.69) is 40.2 Å². The van der Waals surface area contributed by atoms with Crippen LogP contribution in [0.25, 0.3) is 0 Å². The normalized spacial score (nSPS) is 28.4. The van der Waals surface area contributed by atoms with Crippen molar-refractivity contribution >= 4 is 56.6 Å². The van der Waals surface area contributed by atoms with Gasteiger partial charge in [0, 0.05) is 10.9 Å². The van der Waals surface area contributed by atoms with Crippen LogP contribution in [-0.4, -0.2) is 11.8 Å². The second-order valence-electron chi connectivity index (χ2n) is 7.98. The Morgan fingerprint density at radius 3 is 2.07 bits per heavy atom. The van der Waals surface area contributed by atoms with E-state index in [9.17, 15) is 9.59 Å². The van der Waals surface area contributed by atoms with Crippen LogP contribution in [0.2, 0.25) is 10.0 Å². The SMILES string of the molecule is O=C1C2C3c4ccccc4C(Br)(c4ccccc43)C2C(=O)N1c1cc(Cl)ccc1Cl. The van der Waals surface area contributed by atoms with Crippen molar-refractivity contribution in [2.24, 2.45) is 11.8 Å². The van der Waals surface area contributed by atoms with Gasteiger partial charge in [0.25, 0.3) is 0 Å². The third-order valence-electron chi connectivity index (χ3n) is 6.66. The largest absolute Gasteiger partial charge is 0.274 e. The summed E-state index contributed by atoms with van der Waals surface area (Å²) in [5, 5.41) is 0.749. The molecule has 1 aliphatic heterocycles. The zero-order valence-electron chi connectivity index (χ0n) is 15.5. The highest BCUT2D eigenvalue weighted by Gasteiger charge is 2.67. The van der Waals surface area contributed by atoms with Crippen LogP contribution in [0.3, 0.4) is 0 Å². The van der Waals surface area contributed by atoms with E-state index in [1.54, 1.807) is 18.2 Å². The predicted molar refractivity (Wildman–Crippen MR) is 120 cm³/mol. The van der Waals surface area contributed by atoms with Gasteiger partial charge in [-0.25, -0.2) is 4.90 Å². The van der Waals surface area contributed by atoms with Gasteiger partial charge < -0.3 is 0 Å². The Hall–Kier alpha value is -2.14. The number of rotatable bonds is 1. The maximum Gasteiger partial charge on any atom is 0.239 e. The third kappa shape index (κ3) is 2.12. The molecule has 3 aliphatic carbocycles. The predicted octanol–water partition coefficient (Wildman–Crippen LogP) is 5.90. The molecule has 0 radical (unpaired) electrons. The van der Waals surface area contributed by atoms with Crippen LogP contribution < -0.4 is 4.90 Å². The van der Waals surface area contributed by atoms with Crippen molar-refractivity contribution in [2.45, 2.75) is 10.2 Å². The lowest BCUT2D eigenvalue weighted by molar-refractivity contribution is -0.122. The molecule has 2 bridgehead atoms. The van der Waals surface area contributed by atoms with Crippen molar-refractivity contribution < 1.29 is 9.59 Å². The van der Waals surface area contributed by atoms with E-state index in [0.717, 1.165) is 22.3 Å². The minimum atomic E-state index is -0.772. The smallest absolute Gasteiger partial charge is 0.239 e. The average molecular weight is 499 g/mol. The van der Waals surface area contributed by atoms with Crippen molar-refractivity contribution in [2.75, 3.05) is 4.90 Å². The van der Waals surface area contributed by atoms with E-state index in [-0.39, 0.29) is 17.7 Å². The lowest BCUT2D eigenvalue weighted by Crippen LogP contribution is -2.50. The lowest BCUT2D eigenvalue weighted by Gasteiger charge is -2.51. The molecule has 3 aromatic carbocycles. The number of halogens is 3. The van der Waals surface area contributed by atoms with Gasteiger partial charge in [0.2, 0.25) is 11.8 Å². The first-order valence-electron chi connectivity index (χ1n) is 9.65. The van der Waals surface area contributed by atoms with Crippen molar-refractivity contribution in [3.63, 3.8) is 0 Å². The Bertz CT molecular complexity index is 1230. The minimum absolute atomic E-state index is 0.179. The number of carbonyl (C=O) groups is 2. The van der Waals surface area contributed by atoms with Crippen LogP contribution in [0.1, 0.15) is 28.2 Å². The molecule has 0 spiro atoms. The molecule has 1 fully saturated rings. The zero-order valence-corrected chi connectivity index (χ0v) is 18.6. The maximum atomic E-state index is 13.8. The van der Waals surface area contributed by atoms with Crippen LogP contribution >= 0.6 is 39.1 Å². The Morgan fingerprint density at radius 2 is 1.43 bits per heavy atom. The highest BCUT2D eigenvalue weighted by Crippen LogP contribution is 2.66. The minimum Gasteiger partial charge on any atom is -0.274 e. The van der Waals surface area contributed by atoms with Gasteiger partial charge >= 0.3 is 0 Å².